The second-order valence-corrected chi connectivity index (χ2v) is 7.25. The van der Waals surface area contributed by atoms with Crippen molar-refractivity contribution in [3.63, 3.8) is 0 Å². The van der Waals surface area contributed by atoms with Crippen molar-refractivity contribution in [2.75, 3.05) is 0 Å². The van der Waals surface area contributed by atoms with Crippen molar-refractivity contribution in [1.82, 2.24) is 0 Å². The van der Waals surface area contributed by atoms with Gasteiger partial charge in [-0.15, -0.1) is 6.42 Å². The van der Waals surface area contributed by atoms with Crippen molar-refractivity contribution < 1.29 is 49.2 Å². The summed E-state index contributed by atoms with van der Waals surface area (Å²) in [5, 5.41) is 9.71. The van der Waals surface area contributed by atoms with Gasteiger partial charge in [-0.25, -0.2) is 0 Å². The first-order valence-electron chi connectivity index (χ1n) is 8.12. The van der Waals surface area contributed by atoms with Crippen LogP contribution >= 0.6 is 0 Å². The molecule has 0 saturated heterocycles. The first-order chi connectivity index (χ1) is 10.1. The van der Waals surface area contributed by atoms with E-state index in [-0.39, 0.29) is 49.5 Å². The molecule has 0 heterocycles. The minimum Gasteiger partial charge on any atom is -0.508 e. The molecule has 2 heteroatoms. The largest absolute Gasteiger partial charge is 0.508 e. The molecule has 1 N–H and O–H groups in total. The van der Waals surface area contributed by atoms with Crippen LogP contribution in [0.25, 0.3) is 0 Å². The second kappa shape index (κ2) is 6.00. The number of fused-ring (bicyclic) bond motifs is 5. The van der Waals surface area contributed by atoms with Crippen LogP contribution in [0.15, 0.2) is 29.8 Å². The van der Waals surface area contributed by atoms with Crippen LogP contribution in [-0.4, -0.2) is 5.11 Å². The van der Waals surface area contributed by atoms with Crippen LogP contribution in [-0.2, 0) is 6.42 Å². The predicted octanol–water partition coefficient (Wildman–Crippen LogP) is 4.42. The van der Waals surface area contributed by atoms with Gasteiger partial charge in [0.25, 0.3) is 0 Å². The van der Waals surface area contributed by atoms with Crippen molar-refractivity contribution >= 4 is 0 Å². The Morgan fingerprint density at radius 2 is 2.14 bits per heavy atom. The Bertz CT molecular complexity index is 669. The Morgan fingerprint density at radius 3 is 2.91 bits per heavy atom. The van der Waals surface area contributed by atoms with E-state index >= 15 is 0 Å². The molecule has 4 atom stereocenters. The van der Waals surface area contributed by atoms with Gasteiger partial charge in [0, 0.05) is 55.1 Å². The van der Waals surface area contributed by atoms with Crippen LogP contribution in [0.3, 0.4) is 0 Å². The standard InChI is InChI=1S/C20H22O.Ac/c1-3-14-5-9-19-18-7-4-13-12-15(21)6-8-16(13)17(18)10-11-20(14,19)2;/h1,5-6,8,12,17-19,21H,4,7,9-11H2,2H3;. The summed E-state index contributed by atoms with van der Waals surface area (Å²) in [7, 11) is 0. The summed E-state index contributed by atoms with van der Waals surface area (Å²) in [4.78, 5) is 0. The monoisotopic (exact) mass is 505 g/mol. The summed E-state index contributed by atoms with van der Waals surface area (Å²) in [6.45, 7) is 2.39. The Labute approximate surface area is 169 Å². The first-order valence-corrected chi connectivity index (χ1v) is 8.12. The molecule has 0 aromatic heterocycles. The van der Waals surface area contributed by atoms with E-state index in [1.54, 1.807) is 0 Å². The molecule has 1 fully saturated rings. The maximum absolute atomic E-state index is 9.71. The molecule has 0 spiro atoms. The van der Waals surface area contributed by atoms with Crippen molar-refractivity contribution in [2.24, 2.45) is 17.3 Å². The Kier molecular flexibility index (Phi) is 4.53. The average molecular weight is 505 g/mol. The van der Waals surface area contributed by atoms with Gasteiger partial charge < -0.3 is 5.11 Å². The van der Waals surface area contributed by atoms with Gasteiger partial charge >= 0.3 is 0 Å². The fraction of sp³-hybridized carbons (Fsp3) is 0.500. The summed E-state index contributed by atoms with van der Waals surface area (Å²) in [5.41, 5.74) is 4.34. The summed E-state index contributed by atoms with van der Waals surface area (Å²) < 4.78 is 0. The SMILES string of the molecule is C#CC1=CCC2C3CCc4cc(O)ccc4C3CCC12C.[Ac]. The second-order valence-electron chi connectivity index (χ2n) is 7.25. The van der Waals surface area contributed by atoms with Crippen LogP contribution < -0.4 is 0 Å². The number of hydrogen-bond donors (Lipinski definition) is 1. The van der Waals surface area contributed by atoms with E-state index < -0.39 is 0 Å². The van der Waals surface area contributed by atoms with Gasteiger partial charge in [-0.2, -0.15) is 0 Å². The molecule has 3 aliphatic rings. The molecule has 0 bridgehead atoms. The van der Waals surface area contributed by atoms with Crippen molar-refractivity contribution in [1.29, 1.82) is 0 Å². The zero-order valence-corrected chi connectivity index (χ0v) is 17.9. The normalized spacial score (nSPS) is 35.3. The van der Waals surface area contributed by atoms with Crippen LogP contribution in [0.4, 0.5) is 0 Å². The van der Waals surface area contributed by atoms with Crippen molar-refractivity contribution in [3.8, 4) is 18.1 Å². The van der Waals surface area contributed by atoms with Crippen LogP contribution in [0.5, 0.6) is 5.75 Å². The van der Waals surface area contributed by atoms with E-state index in [4.69, 9.17) is 6.42 Å². The molecule has 0 aliphatic heterocycles. The third kappa shape index (κ3) is 2.32. The Morgan fingerprint density at radius 1 is 1.32 bits per heavy atom. The molecule has 0 amide bonds. The topological polar surface area (TPSA) is 20.2 Å². The van der Waals surface area contributed by atoms with Gasteiger partial charge in [-0.3, -0.25) is 0 Å². The summed E-state index contributed by atoms with van der Waals surface area (Å²) >= 11 is 0. The van der Waals surface area contributed by atoms with Gasteiger partial charge in [-0.05, 0) is 73.1 Å². The maximum atomic E-state index is 9.71. The summed E-state index contributed by atoms with van der Waals surface area (Å²) in [6, 6.07) is 5.99. The van der Waals surface area contributed by atoms with E-state index in [2.05, 4.69) is 25.0 Å². The van der Waals surface area contributed by atoms with E-state index in [0.29, 0.717) is 17.6 Å². The number of benzene rings is 1. The number of allylic oxidation sites excluding steroid dienone is 2. The molecule has 4 unspecified atom stereocenters. The third-order valence-corrected chi connectivity index (χ3v) is 6.45. The summed E-state index contributed by atoms with van der Waals surface area (Å²) in [5.74, 6) is 5.49. The minimum absolute atomic E-state index is 0. The van der Waals surface area contributed by atoms with E-state index in [1.807, 2.05) is 12.1 Å². The van der Waals surface area contributed by atoms with Gasteiger partial charge in [-0.1, -0.05) is 25.0 Å². The first kappa shape index (κ1) is 16.6. The number of hydrogen-bond acceptors (Lipinski definition) is 1. The number of terminal acetylenes is 1. The number of phenolic OH excluding ortho intramolecular Hbond substituents is 1. The molecule has 1 aromatic carbocycles. The molecular formula is C20H22AcO. The molecule has 1 saturated carbocycles. The number of phenols is 1. The fourth-order valence-corrected chi connectivity index (χ4v) is 5.36. The van der Waals surface area contributed by atoms with Crippen LogP contribution in [0, 0.1) is 73.7 Å². The fourth-order valence-electron chi connectivity index (χ4n) is 5.36. The number of aryl methyl sites for hydroxylation is 1. The van der Waals surface area contributed by atoms with E-state index in [0.717, 1.165) is 18.8 Å². The molecule has 1 radical (unpaired) electrons. The predicted molar refractivity (Wildman–Crippen MR) is 85.0 cm³/mol. The number of rotatable bonds is 0. The van der Waals surface area contributed by atoms with Crippen molar-refractivity contribution in [2.45, 2.75) is 44.9 Å². The Balaban J connectivity index is 0.00000144. The molecule has 1 aromatic rings. The zero-order chi connectivity index (χ0) is 14.6. The van der Waals surface area contributed by atoms with Crippen molar-refractivity contribution in [3.05, 3.63) is 41.0 Å². The van der Waals surface area contributed by atoms with Gasteiger partial charge in [0.2, 0.25) is 0 Å². The average Bonchev–Trinajstić information content (AvgIpc) is 2.83. The number of aromatic hydroxyl groups is 1. The van der Waals surface area contributed by atoms with E-state index in [9.17, 15) is 5.11 Å². The third-order valence-electron chi connectivity index (χ3n) is 6.45. The Hall–Kier alpha value is -0.238. The molecule has 1 nitrogen and oxygen atoms in total. The molecule has 22 heavy (non-hydrogen) atoms. The molecule has 3 aliphatic carbocycles. The zero-order valence-electron chi connectivity index (χ0n) is 13.2. The molecular weight excluding hydrogens is 483 g/mol. The molecule has 111 valence electrons. The quantitative estimate of drug-likeness (QED) is 0.518. The molecule has 4 rings (SSSR count). The maximum Gasteiger partial charge on any atom is 0.115 e. The summed E-state index contributed by atoms with van der Waals surface area (Å²) in [6.07, 6.45) is 14.0. The smallest absolute Gasteiger partial charge is 0.115 e. The van der Waals surface area contributed by atoms with Crippen LogP contribution in [0.1, 0.15) is 49.7 Å². The van der Waals surface area contributed by atoms with Crippen LogP contribution in [0.2, 0.25) is 0 Å². The minimum atomic E-state index is 0. The van der Waals surface area contributed by atoms with Gasteiger partial charge in [0.05, 0.1) is 0 Å². The van der Waals surface area contributed by atoms with Gasteiger partial charge in [0.15, 0.2) is 0 Å². The van der Waals surface area contributed by atoms with E-state index in [1.165, 1.54) is 36.0 Å². The van der Waals surface area contributed by atoms with Gasteiger partial charge in [0.1, 0.15) is 5.75 Å².